The maximum absolute atomic E-state index is 9.11. The Morgan fingerprint density at radius 1 is 1.10 bits per heavy atom. The third-order valence-corrected chi connectivity index (χ3v) is 2.98. The number of hydrogen-bond acceptors (Lipinski definition) is 4. The van der Waals surface area contributed by atoms with E-state index in [4.69, 9.17) is 20.5 Å². The minimum absolute atomic E-state index is 0.395. The maximum Gasteiger partial charge on any atom is 0.169 e. The van der Waals surface area contributed by atoms with Crippen LogP contribution in [0.2, 0.25) is 0 Å². The summed E-state index contributed by atoms with van der Waals surface area (Å²) in [6.07, 6.45) is 0.919. The molecule has 0 heterocycles. The van der Waals surface area contributed by atoms with Gasteiger partial charge in [-0.1, -0.05) is 13.0 Å². The van der Waals surface area contributed by atoms with Crippen molar-refractivity contribution in [2.24, 2.45) is 0 Å². The number of nitrogen functional groups attached to an aromatic ring is 1. The summed E-state index contributed by atoms with van der Waals surface area (Å²) in [6, 6.07) is 12.8. The summed E-state index contributed by atoms with van der Waals surface area (Å²) in [5.41, 5.74) is 7.74. The van der Waals surface area contributed by atoms with Gasteiger partial charge < -0.3 is 15.2 Å². The molecule has 0 amide bonds. The Hall–Kier alpha value is -2.67. The average Bonchev–Trinajstić information content (AvgIpc) is 2.49. The van der Waals surface area contributed by atoms with E-state index in [-0.39, 0.29) is 0 Å². The Morgan fingerprint density at radius 2 is 1.85 bits per heavy atom. The van der Waals surface area contributed by atoms with E-state index in [0.717, 1.165) is 12.0 Å². The zero-order valence-electron chi connectivity index (χ0n) is 11.5. The lowest BCUT2D eigenvalue weighted by Crippen LogP contribution is -1.95. The Kier molecular flexibility index (Phi) is 4.11. The number of methoxy groups -OCH3 is 1. The van der Waals surface area contributed by atoms with E-state index < -0.39 is 0 Å². The summed E-state index contributed by atoms with van der Waals surface area (Å²) >= 11 is 0. The summed E-state index contributed by atoms with van der Waals surface area (Å²) in [5, 5.41) is 9.11. The van der Waals surface area contributed by atoms with Gasteiger partial charge in [-0.3, -0.25) is 0 Å². The molecule has 0 fully saturated rings. The highest BCUT2D eigenvalue weighted by Gasteiger charge is 2.10. The number of anilines is 1. The molecular formula is C16H16N2O2. The van der Waals surface area contributed by atoms with Gasteiger partial charge in [0.1, 0.15) is 11.8 Å². The van der Waals surface area contributed by atoms with Crippen LogP contribution in [0.5, 0.6) is 17.2 Å². The lowest BCUT2D eigenvalue weighted by Gasteiger charge is -2.12. The second-order valence-corrected chi connectivity index (χ2v) is 4.31. The number of benzene rings is 2. The zero-order valence-corrected chi connectivity index (χ0v) is 11.5. The van der Waals surface area contributed by atoms with Crippen molar-refractivity contribution >= 4 is 5.69 Å². The molecule has 0 aromatic heterocycles. The predicted octanol–water partition coefficient (Wildman–Crippen LogP) is 3.50. The van der Waals surface area contributed by atoms with E-state index in [1.54, 1.807) is 25.3 Å². The molecular weight excluding hydrogens is 252 g/mol. The molecule has 0 unspecified atom stereocenters. The van der Waals surface area contributed by atoms with Gasteiger partial charge in [-0.2, -0.15) is 5.26 Å². The van der Waals surface area contributed by atoms with Gasteiger partial charge in [0.05, 0.1) is 12.7 Å². The molecule has 2 aromatic carbocycles. The van der Waals surface area contributed by atoms with Gasteiger partial charge in [-0.05, 0) is 42.3 Å². The van der Waals surface area contributed by atoms with Crippen molar-refractivity contribution in [3.05, 3.63) is 47.5 Å². The number of nitrogens with zero attached hydrogens (tertiary/aromatic N) is 1. The van der Waals surface area contributed by atoms with Crippen LogP contribution in [0.3, 0.4) is 0 Å². The van der Waals surface area contributed by atoms with E-state index >= 15 is 0 Å². The van der Waals surface area contributed by atoms with E-state index in [2.05, 4.69) is 13.0 Å². The molecule has 20 heavy (non-hydrogen) atoms. The first kappa shape index (κ1) is 13.8. The number of aryl methyl sites for hydroxylation is 1. The first-order chi connectivity index (χ1) is 9.67. The van der Waals surface area contributed by atoms with Crippen LogP contribution < -0.4 is 15.2 Å². The van der Waals surface area contributed by atoms with E-state index in [9.17, 15) is 0 Å². The molecule has 0 aliphatic heterocycles. The van der Waals surface area contributed by atoms with Gasteiger partial charge in [-0.25, -0.2) is 0 Å². The van der Waals surface area contributed by atoms with Crippen LogP contribution in [-0.4, -0.2) is 7.11 Å². The minimum atomic E-state index is 0.395. The van der Waals surface area contributed by atoms with Crippen molar-refractivity contribution in [2.45, 2.75) is 13.3 Å². The van der Waals surface area contributed by atoms with Crippen molar-refractivity contribution in [1.82, 2.24) is 0 Å². The van der Waals surface area contributed by atoms with E-state index in [1.807, 2.05) is 18.2 Å². The number of hydrogen-bond donors (Lipinski definition) is 1. The fourth-order valence-corrected chi connectivity index (χ4v) is 1.86. The largest absolute Gasteiger partial charge is 0.493 e. The van der Waals surface area contributed by atoms with Crippen molar-refractivity contribution in [1.29, 1.82) is 5.26 Å². The van der Waals surface area contributed by atoms with E-state index in [0.29, 0.717) is 28.5 Å². The molecule has 2 aromatic rings. The van der Waals surface area contributed by atoms with Crippen LogP contribution in [-0.2, 0) is 6.42 Å². The molecule has 102 valence electrons. The monoisotopic (exact) mass is 268 g/mol. The molecule has 0 radical (unpaired) electrons. The van der Waals surface area contributed by atoms with Gasteiger partial charge in [0.2, 0.25) is 0 Å². The Morgan fingerprint density at radius 3 is 2.50 bits per heavy atom. The topological polar surface area (TPSA) is 68.3 Å². The van der Waals surface area contributed by atoms with Crippen LogP contribution in [0.15, 0.2) is 36.4 Å². The third kappa shape index (κ3) is 2.83. The molecule has 0 spiro atoms. The summed E-state index contributed by atoms with van der Waals surface area (Å²) in [4.78, 5) is 0. The summed E-state index contributed by atoms with van der Waals surface area (Å²) in [6.45, 7) is 2.07. The van der Waals surface area contributed by atoms with Gasteiger partial charge in [0.25, 0.3) is 0 Å². The van der Waals surface area contributed by atoms with Gasteiger partial charge in [-0.15, -0.1) is 0 Å². The Bertz CT molecular complexity index is 660. The highest BCUT2D eigenvalue weighted by molar-refractivity contribution is 5.55. The molecule has 4 heteroatoms. The van der Waals surface area contributed by atoms with E-state index in [1.165, 1.54) is 0 Å². The Labute approximate surface area is 118 Å². The van der Waals surface area contributed by atoms with Crippen LogP contribution in [0.1, 0.15) is 18.1 Å². The molecule has 0 aliphatic rings. The second-order valence-electron chi connectivity index (χ2n) is 4.31. The summed E-state index contributed by atoms with van der Waals surface area (Å²) < 4.78 is 11.1. The Balaban J connectivity index is 2.37. The van der Waals surface area contributed by atoms with Crippen molar-refractivity contribution in [2.75, 3.05) is 12.8 Å². The quantitative estimate of drug-likeness (QED) is 0.862. The molecule has 0 saturated carbocycles. The smallest absolute Gasteiger partial charge is 0.169 e. The highest BCUT2D eigenvalue weighted by atomic mass is 16.5. The minimum Gasteiger partial charge on any atom is -0.493 e. The number of rotatable bonds is 4. The molecule has 0 aliphatic carbocycles. The van der Waals surface area contributed by atoms with Crippen molar-refractivity contribution in [3.8, 4) is 23.3 Å². The summed E-state index contributed by atoms with van der Waals surface area (Å²) in [7, 11) is 1.59. The second kappa shape index (κ2) is 5.98. The molecule has 2 rings (SSSR count). The van der Waals surface area contributed by atoms with Crippen LogP contribution in [0.4, 0.5) is 5.69 Å². The standard InChI is InChI=1S/C16H16N2O2/c1-3-11-4-6-15(16(8-11)19-2)20-14-7-5-13(18)9-12(14)10-17/h4-9H,3,18H2,1-2H3. The van der Waals surface area contributed by atoms with Gasteiger partial charge in [0.15, 0.2) is 11.5 Å². The predicted molar refractivity (Wildman–Crippen MR) is 78.0 cm³/mol. The SMILES string of the molecule is CCc1ccc(Oc2ccc(N)cc2C#N)c(OC)c1. The highest BCUT2D eigenvalue weighted by Crippen LogP contribution is 2.34. The number of nitrogens with two attached hydrogens (primary N) is 1. The van der Waals surface area contributed by atoms with Gasteiger partial charge >= 0.3 is 0 Å². The van der Waals surface area contributed by atoms with Crippen LogP contribution in [0.25, 0.3) is 0 Å². The average molecular weight is 268 g/mol. The first-order valence-electron chi connectivity index (χ1n) is 6.32. The number of nitriles is 1. The molecule has 2 N–H and O–H groups in total. The summed E-state index contributed by atoms with van der Waals surface area (Å²) in [5.74, 6) is 1.68. The molecule has 0 saturated heterocycles. The maximum atomic E-state index is 9.11. The fourth-order valence-electron chi connectivity index (χ4n) is 1.86. The molecule has 4 nitrogen and oxygen atoms in total. The fraction of sp³-hybridized carbons (Fsp3) is 0.188. The van der Waals surface area contributed by atoms with Crippen LogP contribution >= 0.6 is 0 Å². The van der Waals surface area contributed by atoms with Crippen LogP contribution in [0, 0.1) is 11.3 Å². The van der Waals surface area contributed by atoms with Crippen molar-refractivity contribution in [3.63, 3.8) is 0 Å². The molecule has 0 bridgehead atoms. The normalized spacial score (nSPS) is 9.85. The lowest BCUT2D eigenvalue weighted by molar-refractivity contribution is 0.378. The lowest BCUT2D eigenvalue weighted by atomic mass is 10.1. The number of ether oxygens (including phenoxy) is 2. The first-order valence-corrected chi connectivity index (χ1v) is 6.32. The molecule has 0 atom stereocenters. The zero-order chi connectivity index (χ0) is 14.5. The third-order valence-electron chi connectivity index (χ3n) is 2.98. The van der Waals surface area contributed by atoms with Gasteiger partial charge in [0, 0.05) is 5.69 Å². The van der Waals surface area contributed by atoms with Crippen molar-refractivity contribution < 1.29 is 9.47 Å².